The molecular weight excluding hydrogens is 126 g/mol. The van der Waals surface area contributed by atoms with Gasteiger partial charge in [-0.2, -0.15) is 0 Å². The Kier molecular flexibility index (Phi) is 6.98. The molecule has 0 aliphatic rings. The van der Waals surface area contributed by atoms with Gasteiger partial charge in [0.25, 0.3) is 0 Å². The zero-order valence-corrected chi connectivity index (χ0v) is 7.10. The van der Waals surface area contributed by atoms with Crippen molar-refractivity contribution in [1.82, 2.24) is 0 Å². The molecule has 10 heavy (non-hydrogen) atoms. The lowest BCUT2D eigenvalue weighted by atomic mass is 10.1. The molecule has 1 unspecified atom stereocenters. The second-order valence-electron chi connectivity index (χ2n) is 2.42. The van der Waals surface area contributed by atoms with Crippen LogP contribution in [0.1, 0.15) is 33.1 Å². The standard InChI is InChI=1S/C8H19NO/c1-3-8(10-4-2)6-5-7-9/h8H,3-7,9H2,1-2H3. The van der Waals surface area contributed by atoms with E-state index >= 15 is 0 Å². The second kappa shape index (κ2) is 7.03. The molecule has 0 saturated heterocycles. The Morgan fingerprint density at radius 3 is 2.50 bits per heavy atom. The number of ether oxygens (including phenoxy) is 1. The average molecular weight is 145 g/mol. The lowest BCUT2D eigenvalue weighted by molar-refractivity contribution is 0.0533. The van der Waals surface area contributed by atoms with Crippen molar-refractivity contribution in [3.63, 3.8) is 0 Å². The third-order valence-corrected chi connectivity index (χ3v) is 1.59. The zero-order chi connectivity index (χ0) is 7.82. The van der Waals surface area contributed by atoms with Crippen molar-refractivity contribution >= 4 is 0 Å². The van der Waals surface area contributed by atoms with E-state index in [1.807, 2.05) is 6.92 Å². The van der Waals surface area contributed by atoms with Gasteiger partial charge in [-0.25, -0.2) is 0 Å². The SMILES string of the molecule is CCOC(CC)CCCN. The van der Waals surface area contributed by atoms with Gasteiger partial charge in [0.1, 0.15) is 0 Å². The highest BCUT2D eigenvalue weighted by molar-refractivity contribution is 4.55. The number of hydrogen-bond acceptors (Lipinski definition) is 2. The summed E-state index contributed by atoms with van der Waals surface area (Å²) in [5.41, 5.74) is 5.37. The van der Waals surface area contributed by atoms with Crippen molar-refractivity contribution in [1.29, 1.82) is 0 Å². The summed E-state index contributed by atoms with van der Waals surface area (Å²) < 4.78 is 5.44. The number of rotatable bonds is 6. The van der Waals surface area contributed by atoms with Gasteiger partial charge >= 0.3 is 0 Å². The fourth-order valence-electron chi connectivity index (χ4n) is 0.987. The molecule has 0 radical (unpaired) electrons. The van der Waals surface area contributed by atoms with Gasteiger partial charge in [-0.15, -0.1) is 0 Å². The summed E-state index contributed by atoms with van der Waals surface area (Å²) in [6, 6.07) is 0. The minimum atomic E-state index is 0.438. The van der Waals surface area contributed by atoms with Gasteiger partial charge in [-0.05, 0) is 32.7 Å². The lowest BCUT2D eigenvalue weighted by Crippen LogP contribution is -2.13. The third kappa shape index (κ3) is 4.77. The molecule has 0 aliphatic heterocycles. The molecule has 62 valence electrons. The van der Waals surface area contributed by atoms with Crippen LogP contribution in [0.25, 0.3) is 0 Å². The molecule has 0 spiro atoms. The monoisotopic (exact) mass is 145 g/mol. The van der Waals surface area contributed by atoms with Gasteiger partial charge in [0.2, 0.25) is 0 Å². The summed E-state index contributed by atoms with van der Waals surface area (Å²) in [6.07, 6.45) is 3.74. The van der Waals surface area contributed by atoms with Crippen molar-refractivity contribution in [2.24, 2.45) is 5.73 Å². The molecule has 0 aromatic heterocycles. The number of nitrogens with two attached hydrogens (primary N) is 1. The molecule has 1 atom stereocenters. The molecule has 0 fully saturated rings. The first kappa shape index (κ1) is 9.92. The minimum absolute atomic E-state index is 0.438. The quantitative estimate of drug-likeness (QED) is 0.615. The predicted octanol–water partition coefficient (Wildman–Crippen LogP) is 1.54. The Hall–Kier alpha value is -0.0800. The second-order valence-corrected chi connectivity index (χ2v) is 2.42. The summed E-state index contributed by atoms with van der Waals surface area (Å²) in [4.78, 5) is 0. The molecular formula is C8H19NO. The molecule has 0 amide bonds. The lowest BCUT2D eigenvalue weighted by Gasteiger charge is -2.13. The molecule has 2 nitrogen and oxygen atoms in total. The topological polar surface area (TPSA) is 35.2 Å². The average Bonchev–Trinajstić information content (AvgIpc) is 1.98. The molecule has 0 aliphatic carbocycles. The van der Waals surface area contributed by atoms with Crippen LogP contribution in [-0.4, -0.2) is 19.3 Å². The van der Waals surface area contributed by atoms with E-state index in [0.29, 0.717) is 6.10 Å². The zero-order valence-electron chi connectivity index (χ0n) is 7.10. The van der Waals surface area contributed by atoms with Crippen LogP contribution >= 0.6 is 0 Å². The van der Waals surface area contributed by atoms with Gasteiger partial charge in [0, 0.05) is 6.61 Å². The van der Waals surface area contributed by atoms with Gasteiger partial charge in [-0.3, -0.25) is 0 Å². The van der Waals surface area contributed by atoms with E-state index in [0.717, 1.165) is 32.4 Å². The highest BCUT2D eigenvalue weighted by Gasteiger charge is 2.02. The van der Waals surface area contributed by atoms with Crippen LogP contribution in [-0.2, 0) is 4.74 Å². The van der Waals surface area contributed by atoms with Crippen molar-refractivity contribution in [3.05, 3.63) is 0 Å². The van der Waals surface area contributed by atoms with Crippen molar-refractivity contribution in [3.8, 4) is 0 Å². The van der Waals surface area contributed by atoms with Crippen molar-refractivity contribution < 1.29 is 4.74 Å². The molecule has 0 aromatic carbocycles. The van der Waals surface area contributed by atoms with Gasteiger partial charge in [0.05, 0.1) is 6.10 Å². The van der Waals surface area contributed by atoms with Gasteiger partial charge < -0.3 is 10.5 Å². The Labute approximate surface area is 63.7 Å². The molecule has 0 saturated carbocycles. The van der Waals surface area contributed by atoms with Crippen LogP contribution in [0.5, 0.6) is 0 Å². The van der Waals surface area contributed by atoms with E-state index in [9.17, 15) is 0 Å². The van der Waals surface area contributed by atoms with Crippen molar-refractivity contribution in [2.75, 3.05) is 13.2 Å². The smallest absolute Gasteiger partial charge is 0.0572 e. The summed E-state index contributed by atoms with van der Waals surface area (Å²) in [6.45, 7) is 5.79. The summed E-state index contributed by atoms with van der Waals surface area (Å²) in [7, 11) is 0. The van der Waals surface area contributed by atoms with Crippen LogP contribution < -0.4 is 5.73 Å². The minimum Gasteiger partial charge on any atom is -0.379 e. The number of hydrogen-bond donors (Lipinski definition) is 1. The largest absolute Gasteiger partial charge is 0.379 e. The van der Waals surface area contributed by atoms with E-state index in [2.05, 4.69) is 6.92 Å². The van der Waals surface area contributed by atoms with E-state index in [1.165, 1.54) is 0 Å². The fourth-order valence-corrected chi connectivity index (χ4v) is 0.987. The third-order valence-electron chi connectivity index (χ3n) is 1.59. The van der Waals surface area contributed by atoms with Crippen molar-refractivity contribution in [2.45, 2.75) is 39.2 Å². The molecule has 2 N–H and O–H groups in total. The fraction of sp³-hybridized carbons (Fsp3) is 1.00. The highest BCUT2D eigenvalue weighted by atomic mass is 16.5. The summed E-state index contributed by atoms with van der Waals surface area (Å²) in [5.74, 6) is 0. The summed E-state index contributed by atoms with van der Waals surface area (Å²) >= 11 is 0. The first-order chi connectivity index (χ1) is 4.85. The first-order valence-electron chi connectivity index (χ1n) is 4.16. The van der Waals surface area contributed by atoms with E-state index in [1.54, 1.807) is 0 Å². The maximum Gasteiger partial charge on any atom is 0.0572 e. The summed E-state index contributed by atoms with van der Waals surface area (Å²) in [5, 5.41) is 0. The molecule has 2 heteroatoms. The van der Waals surface area contributed by atoms with Crippen LogP contribution in [0, 0.1) is 0 Å². The first-order valence-corrected chi connectivity index (χ1v) is 4.16. The van der Waals surface area contributed by atoms with E-state index in [-0.39, 0.29) is 0 Å². The van der Waals surface area contributed by atoms with Crippen LogP contribution in [0.2, 0.25) is 0 Å². The molecule has 0 aromatic rings. The van der Waals surface area contributed by atoms with E-state index < -0.39 is 0 Å². The maximum absolute atomic E-state index is 5.44. The van der Waals surface area contributed by atoms with Crippen LogP contribution in [0.3, 0.4) is 0 Å². The Balaban J connectivity index is 3.21. The van der Waals surface area contributed by atoms with Gasteiger partial charge in [-0.1, -0.05) is 6.92 Å². The predicted molar refractivity (Wildman–Crippen MR) is 44.0 cm³/mol. The normalized spacial score (nSPS) is 13.5. The molecule has 0 heterocycles. The van der Waals surface area contributed by atoms with Crippen LogP contribution in [0.4, 0.5) is 0 Å². The highest BCUT2D eigenvalue weighted by Crippen LogP contribution is 2.04. The Morgan fingerprint density at radius 2 is 2.10 bits per heavy atom. The van der Waals surface area contributed by atoms with E-state index in [4.69, 9.17) is 10.5 Å². The van der Waals surface area contributed by atoms with Gasteiger partial charge in [0.15, 0.2) is 0 Å². The Bertz CT molecular complexity index is 66.3. The Morgan fingerprint density at radius 1 is 1.40 bits per heavy atom. The van der Waals surface area contributed by atoms with Crippen LogP contribution in [0.15, 0.2) is 0 Å². The molecule has 0 bridgehead atoms. The maximum atomic E-state index is 5.44. The molecule has 0 rings (SSSR count).